The molecule has 0 unspecified atom stereocenters. The van der Waals surface area contributed by atoms with Crippen LogP contribution >= 0.6 is 31.9 Å². The minimum Gasteiger partial charge on any atom is -0.341 e. The van der Waals surface area contributed by atoms with Gasteiger partial charge in [0.1, 0.15) is 0 Å². The van der Waals surface area contributed by atoms with Gasteiger partial charge in [-0.1, -0.05) is 45.7 Å². The van der Waals surface area contributed by atoms with Crippen molar-refractivity contribution in [2.45, 2.75) is 26.2 Å². The third-order valence-corrected chi connectivity index (χ3v) is 5.15. The molecule has 0 aliphatic carbocycles. The zero-order valence-corrected chi connectivity index (χ0v) is 15.0. The Kier molecular flexibility index (Phi) is 3.46. The quantitative estimate of drug-likeness (QED) is 0.572. The van der Waals surface area contributed by atoms with Crippen molar-refractivity contribution >= 4 is 43.2 Å². The normalized spacial score (nSPS) is 15.8. The van der Waals surface area contributed by atoms with E-state index in [1.165, 1.54) is 22.5 Å². The van der Waals surface area contributed by atoms with Crippen molar-refractivity contribution in [1.29, 1.82) is 0 Å². The van der Waals surface area contributed by atoms with Crippen molar-refractivity contribution in [3.8, 4) is 0 Å². The van der Waals surface area contributed by atoms with Gasteiger partial charge in [-0.3, -0.25) is 0 Å². The van der Waals surface area contributed by atoms with Crippen LogP contribution in [-0.2, 0) is 5.41 Å². The molecule has 0 saturated heterocycles. The molecule has 0 fully saturated rings. The molecule has 0 bridgehead atoms. The van der Waals surface area contributed by atoms with E-state index in [1.54, 1.807) is 0 Å². The van der Waals surface area contributed by atoms with Crippen LogP contribution in [0, 0.1) is 0 Å². The Morgan fingerprint density at radius 1 is 0.900 bits per heavy atom. The molecule has 0 atom stereocenters. The van der Waals surface area contributed by atoms with Crippen molar-refractivity contribution in [3.63, 3.8) is 0 Å². The highest BCUT2D eigenvalue weighted by atomic mass is 79.9. The lowest BCUT2D eigenvalue weighted by atomic mass is 9.74. The number of fused-ring (bicyclic) bond motifs is 2. The molecule has 0 spiro atoms. The molecular formula is C17H17Br2N. The zero-order chi connectivity index (χ0) is 14.5. The predicted octanol–water partition coefficient (Wildman–Crippen LogP) is 6.01. The van der Waals surface area contributed by atoms with Crippen molar-refractivity contribution in [3.05, 3.63) is 56.5 Å². The van der Waals surface area contributed by atoms with Gasteiger partial charge in [-0.25, -0.2) is 0 Å². The summed E-state index contributed by atoms with van der Waals surface area (Å²) in [6.45, 7) is 7.78. The Hall–Kier alpha value is -0.800. The maximum absolute atomic E-state index is 3.61. The van der Waals surface area contributed by atoms with E-state index in [4.69, 9.17) is 0 Å². The lowest BCUT2D eigenvalue weighted by Gasteiger charge is -2.41. The van der Waals surface area contributed by atoms with E-state index >= 15 is 0 Å². The molecule has 2 aromatic rings. The van der Waals surface area contributed by atoms with Crippen LogP contribution in [0.25, 0.3) is 0 Å². The van der Waals surface area contributed by atoms with Gasteiger partial charge < -0.3 is 4.90 Å². The number of rotatable bonds is 1. The Labute approximate surface area is 137 Å². The second-order valence-corrected chi connectivity index (χ2v) is 7.52. The van der Waals surface area contributed by atoms with Gasteiger partial charge in [-0.2, -0.15) is 0 Å². The van der Waals surface area contributed by atoms with Crippen LogP contribution in [0.2, 0.25) is 0 Å². The molecule has 0 saturated carbocycles. The molecule has 20 heavy (non-hydrogen) atoms. The Morgan fingerprint density at radius 2 is 1.35 bits per heavy atom. The number of anilines is 2. The fraction of sp³-hybridized carbons (Fsp3) is 0.294. The molecule has 0 radical (unpaired) electrons. The highest BCUT2D eigenvalue weighted by Gasteiger charge is 2.35. The van der Waals surface area contributed by atoms with Crippen molar-refractivity contribution in [2.24, 2.45) is 0 Å². The molecule has 1 nitrogen and oxygen atoms in total. The summed E-state index contributed by atoms with van der Waals surface area (Å²) < 4.78 is 2.28. The van der Waals surface area contributed by atoms with Crippen LogP contribution in [0.1, 0.15) is 31.9 Å². The van der Waals surface area contributed by atoms with Crippen LogP contribution < -0.4 is 4.90 Å². The second kappa shape index (κ2) is 4.88. The average Bonchev–Trinajstić information content (AvgIpc) is 2.41. The first kappa shape index (κ1) is 14.2. The molecule has 3 rings (SSSR count). The third-order valence-electron chi connectivity index (χ3n) is 4.16. The SMILES string of the molecule is CCN1c2ccc(Br)cc2C(C)(C)c2cc(Br)ccc21. The molecule has 2 aromatic carbocycles. The lowest BCUT2D eigenvalue weighted by molar-refractivity contribution is 0.625. The second-order valence-electron chi connectivity index (χ2n) is 5.69. The molecular weight excluding hydrogens is 378 g/mol. The van der Waals surface area contributed by atoms with E-state index in [1.807, 2.05) is 0 Å². The molecule has 1 aliphatic rings. The molecule has 1 aliphatic heterocycles. The van der Waals surface area contributed by atoms with Crippen LogP contribution in [0.15, 0.2) is 45.3 Å². The number of halogens is 2. The molecule has 104 valence electrons. The molecule has 3 heteroatoms. The standard InChI is InChI=1S/C17H17Br2N/c1-4-20-15-7-5-11(18)9-13(15)17(2,3)14-10-12(19)6-8-16(14)20/h5-10H,4H2,1-3H3. The minimum absolute atomic E-state index is 0.00387. The molecule has 0 aromatic heterocycles. The number of hydrogen-bond acceptors (Lipinski definition) is 1. The lowest BCUT2D eigenvalue weighted by Crippen LogP contribution is -2.32. The van der Waals surface area contributed by atoms with E-state index in [0.29, 0.717) is 0 Å². The van der Waals surface area contributed by atoms with E-state index in [2.05, 4.69) is 93.9 Å². The maximum Gasteiger partial charge on any atom is 0.0453 e. The molecule has 0 N–H and O–H groups in total. The van der Waals surface area contributed by atoms with Gasteiger partial charge >= 0.3 is 0 Å². The molecule has 1 heterocycles. The van der Waals surface area contributed by atoms with Gasteiger partial charge in [0.2, 0.25) is 0 Å². The summed E-state index contributed by atoms with van der Waals surface area (Å²) in [7, 11) is 0. The van der Waals surface area contributed by atoms with E-state index in [0.717, 1.165) is 15.5 Å². The van der Waals surface area contributed by atoms with Gasteiger partial charge in [0.05, 0.1) is 0 Å². The Morgan fingerprint density at radius 3 is 1.75 bits per heavy atom. The first-order valence-corrected chi connectivity index (χ1v) is 8.41. The van der Waals surface area contributed by atoms with Crippen molar-refractivity contribution in [2.75, 3.05) is 11.4 Å². The third kappa shape index (κ3) is 2.03. The Bertz CT molecular complexity index is 621. The monoisotopic (exact) mass is 393 g/mol. The van der Waals surface area contributed by atoms with Gasteiger partial charge in [-0.05, 0) is 54.4 Å². The summed E-state index contributed by atoms with van der Waals surface area (Å²) in [5, 5.41) is 0. The largest absolute Gasteiger partial charge is 0.341 e. The first-order chi connectivity index (χ1) is 9.45. The van der Waals surface area contributed by atoms with Gasteiger partial charge in [0, 0.05) is 32.3 Å². The summed E-state index contributed by atoms with van der Waals surface area (Å²) in [6.07, 6.45) is 0. The summed E-state index contributed by atoms with van der Waals surface area (Å²) in [4.78, 5) is 2.40. The Balaban J connectivity index is 2.33. The zero-order valence-electron chi connectivity index (χ0n) is 11.9. The van der Waals surface area contributed by atoms with Crippen LogP contribution in [-0.4, -0.2) is 6.54 Å². The highest BCUT2D eigenvalue weighted by molar-refractivity contribution is 9.10. The first-order valence-electron chi connectivity index (χ1n) is 6.82. The van der Waals surface area contributed by atoms with Crippen LogP contribution in [0.4, 0.5) is 11.4 Å². The smallest absolute Gasteiger partial charge is 0.0453 e. The van der Waals surface area contributed by atoms with Gasteiger partial charge in [0.25, 0.3) is 0 Å². The molecule has 0 amide bonds. The highest BCUT2D eigenvalue weighted by Crippen LogP contribution is 2.49. The van der Waals surface area contributed by atoms with Crippen LogP contribution in [0.5, 0.6) is 0 Å². The minimum atomic E-state index is 0.00387. The number of benzene rings is 2. The van der Waals surface area contributed by atoms with E-state index in [9.17, 15) is 0 Å². The van der Waals surface area contributed by atoms with Crippen molar-refractivity contribution < 1.29 is 0 Å². The van der Waals surface area contributed by atoms with E-state index in [-0.39, 0.29) is 5.41 Å². The average molecular weight is 395 g/mol. The van der Waals surface area contributed by atoms with Crippen LogP contribution in [0.3, 0.4) is 0 Å². The number of hydrogen-bond donors (Lipinski definition) is 0. The summed E-state index contributed by atoms with van der Waals surface area (Å²) in [6, 6.07) is 13.2. The van der Waals surface area contributed by atoms with E-state index < -0.39 is 0 Å². The fourth-order valence-electron chi connectivity index (χ4n) is 3.10. The summed E-state index contributed by atoms with van der Waals surface area (Å²) >= 11 is 7.22. The fourth-order valence-corrected chi connectivity index (χ4v) is 3.83. The van der Waals surface area contributed by atoms with Gasteiger partial charge in [-0.15, -0.1) is 0 Å². The number of nitrogens with zero attached hydrogens (tertiary/aromatic N) is 1. The predicted molar refractivity (Wildman–Crippen MR) is 93.1 cm³/mol. The maximum atomic E-state index is 3.61. The van der Waals surface area contributed by atoms with Crippen molar-refractivity contribution in [1.82, 2.24) is 0 Å². The summed E-state index contributed by atoms with van der Waals surface area (Å²) in [5.74, 6) is 0. The topological polar surface area (TPSA) is 3.24 Å². The summed E-state index contributed by atoms with van der Waals surface area (Å²) in [5.41, 5.74) is 5.38. The van der Waals surface area contributed by atoms with Gasteiger partial charge in [0.15, 0.2) is 0 Å².